The number of hydrogen-bond acceptors (Lipinski definition) is 4. The summed E-state index contributed by atoms with van der Waals surface area (Å²) in [4.78, 5) is 23.5. The second kappa shape index (κ2) is 8.29. The average Bonchev–Trinajstić information content (AvgIpc) is 3.01. The molecule has 1 unspecified atom stereocenters. The van der Waals surface area contributed by atoms with Gasteiger partial charge in [0.25, 0.3) is 5.91 Å². The summed E-state index contributed by atoms with van der Waals surface area (Å²) in [5.41, 5.74) is 0.694. The van der Waals surface area contributed by atoms with Crippen molar-refractivity contribution in [1.29, 1.82) is 0 Å². The van der Waals surface area contributed by atoms with Gasteiger partial charge in [-0.15, -0.1) is 0 Å². The number of hydrogen-bond donors (Lipinski definition) is 0. The van der Waals surface area contributed by atoms with E-state index in [0.29, 0.717) is 11.6 Å². The fourth-order valence-corrected chi connectivity index (χ4v) is 3.08. The lowest BCUT2D eigenvalue weighted by molar-refractivity contribution is 0.0747. The Labute approximate surface area is 140 Å². The minimum atomic E-state index is 0.111. The number of carbonyl (C=O) groups excluding carboxylic acids is 1. The van der Waals surface area contributed by atoms with Crippen molar-refractivity contribution in [2.24, 2.45) is 0 Å². The molecule has 1 aromatic heterocycles. The molecule has 5 heteroatoms. The van der Waals surface area contributed by atoms with Gasteiger partial charge in [0.2, 0.25) is 0 Å². The number of amides is 1. The van der Waals surface area contributed by atoms with Crippen molar-refractivity contribution < 1.29 is 4.79 Å². The van der Waals surface area contributed by atoms with Crippen molar-refractivity contribution in [3.63, 3.8) is 0 Å². The summed E-state index contributed by atoms with van der Waals surface area (Å²) in [7, 11) is 2.05. The first-order valence-corrected chi connectivity index (χ1v) is 8.77. The number of pyridine rings is 1. The first-order valence-electron chi connectivity index (χ1n) is 8.77. The molecule has 0 aromatic carbocycles. The first kappa shape index (κ1) is 17.7. The summed E-state index contributed by atoms with van der Waals surface area (Å²) in [6, 6.07) is 4.21. The van der Waals surface area contributed by atoms with Crippen LogP contribution >= 0.6 is 0 Å². The third-order valence-corrected chi connectivity index (χ3v) is 4.85. The monoisotopic (exact) mass is 318 g/mol. The lowest BCUT2D eigenvalue weighted by Gasteiger charge is -2.24. The van der Waals surface area contributed by atoms with Gasteiger partial charge in [0.1, 0.15) is 5.82 Å². The highest BCUT2D eigenvalue weighted by molar-refractivity contribution is 5.94. The Balaban J connectivity index is 1.94. The maximum absolute atomic E-state index is 12.5. The zero-order valence-electron chi connectivity index (χ0n) is 15.0. The Morgan fingerprint density at radius 2 is 2.04 bits per heavy atom. The molecule has 1 fully saturated rings. The van der Waals surface area contributed by atoms with Gasteiger partial charge in [-0.3, -0.25) is 4.79 Å². The highest BCUT2D eigenvalue weighted by atomic mass is 16.2. The number of rotatable bonds is 7. The molecule has 1 atom stereocenters. The molecule has 1 amide bonds. The van der Waals surface area contributed by atoms with Crippen LogP contribution in [0.3, 0.4) is 0 Å². The predicted octanol–water partition coefficient (Wildman–Crippen LogP) is 2.48. The van der Waals surface area contributed by atoms with E-state index in [1.165, 1.54) is 0 Å². The SMILES string of the molecule is CCN(CC)CCN(C)c1ccc(C(=O)N2CCCC2C)cn1. The summed E-state index contributed by atoms with van der Waals surface area (Å²) in [5, 5.41) is 0. The standard InChI is InChI=1S/C18H30N4O/c1-5-21(6-2)13-12-20(4)17-10-9-16(14-19-17)18(23)22-11-7-8-15(22)3/h9-10,14-15H,5-8,11-13H2,1-4H3. The van der Waals surface area contributed by atoms with Gasteiger partial charge in [-0.05, 0) is 45.0 Å². The van der Waals surface area contributed by atoms with Crippen molar-refractivity contribution >= 4 is 11.7 Å². The summed E-state index contributed by atoms with van der Waals surface area (Å²) in [6.07, 6.45) is 3.93. The Bertz CT molecular complexity index is 498. The molecule has 0 N–H and O–H groups in total. The van der Waals surface area contributed by atoms with Crippen molar-refractivity contribution in [1.82, 2.24) is 14.8 Å². The van der Waals surface area contributed by atoms with Crippen LogP contribution in [0.4, 0.5) is 5.82 Å². The highest BCUT2D eigenvalue weighted by Gasteiger charge is 2.26. The molecule has 2 heterocycles. The molecule has 0 spiro atoms. The third-order valence-electron chi connectivity index (χ3n) is 4.85. The maximum atomic E-state index is 12.5. The second-order valence-electron chi connectivity index (χ2n) is 6.34. The lowest BCUT2D eigenvalue weighted by Crippen LogP contribution is -2.34. The van der Waals surface area contributed by atoms with Gasteiger partial charge >= 0.3 is 0 Å². The molecule has 128 valence electrons. The number of likely N-dealkylation sites (tertiary alicyclic amines) is 1. The van der Waals surface area contributed by atoms with E-state index < -0.39 is 0 Å². The van der Waals surface area contributed by atoms with Crippen LogP contribution in [0.15, 0.2) is 18.3 Å². The van der Waals surface area contributed by atoms with Crippen LogP contribution in [0.25, 0.3) is 0 Å². The lowest BCUT2D eigenvalue weighted by atomic mass is 10.2. The smallest absolute Gasteiger partial charge is 0.255 e. The van der Waals surface area contributed by atoms with Gasteiger partial charge in [-0.2, -0.15) is 0 Å². The molecule has 0 radical (unpaired) electrons. The Morgan fingerprint density at radius 1 is 1.30 bits per heavy atom. The van der Waals surface area contributed by atoms with Crippen LogP contribution in [0.5, 0.6) is 0 Å². The Hall–Kier alpha value is -1.62. The molecule has 23 heavy (non-hydrogen) atoms. The average molecular weight is 318 g/mol. The summed E-state index contributed by atoms with van der Waals surface area (Å²) in [6.45, 7) is 11.4. The largest absolute Gasteiger partial charge is 0.358 e. The number of carbonyl (C=O) groups is 1. The minimum Gasteiger partial charge on any atom is -0.358 e. The normalized spacial score (nSPS) is 17.8. The molecule has 1 aliphatic heterocycles. The van der Waals surface area contributed by atoms with E-state index in [9.17, 15) is 4.79 Å². The number of likely N-dealkylation sites (N-methyl/N-ethyl adjacent to an activating group) is 2. The van der Waals surface area contributed by atoms with Crippen molar-refractivity contribution in [3.05, 3.63) is 23.9 Å². The Kier molecular flexibility index (Phi) is 6.39. The highest BCUT2D eigenvalue weighted by Crippen LogP contribution is 2.20. The topological polar surface area (TPSA) is 39.7 Å². The van der Waals surface area contributed by atoms with Crippen LogP contribution in [0.2, 0.25) is 0 Å². The van der Waals surface area contributed by atoms with Crippen LogP contribution in [-0.4, -0.2) is 66.5 Å². The number of anilines is 1. The van der Waals surface area contributed by atoms with Crippen LogP contribution in [0, 0.1) is 0 Å². The molecule has 0 saturated carbocycles. The fraction of sp³-hybridized carbons (Fsp3) is 0.667. The molecule has 1 saturated heterocycles. The van der Waals surface area contributed by atoms with E-state index in [0.717, 1.165) is 51.4 Å². The molecule has 0 bridgehead atoms. The fourth-order valence-electron chi connectivity index (χ4n) is 3.08. The molecule has 5 nitrogen and oxygen atoms in total. The molecular weight excluding hydrogens is 288 g/mol. The van der Waals surface area contributed by atoms with Gasteiger partial charge < -0.3 is 14.7 Å². The predicted molar refractivity (Wildman–Crippen MR) is 95.0 cm³/mol. The van der Waals surface area contributed by atoms with Gasteiger partial charge in [0.05, 0.1) is 5.56 Å². The summed E-state index contributed by atoms with van der Waals surface area (Å²) < 4.78 is 0. The van der Waals surface area contributed by atoms with Crippen LogP contribution in [0.1, 0.15) is 44.0 Å². The van der Waals surface area contributed by atoms with Crippen LogP contribution < -0.4 is 4.90 Å². The van der Waals surface area contributed by atoms with Crippen LogP contribution in [-0.2, 0) is 0 Å². The maximum Gasteiger partial charge on any atom is 0.255 e. The summed E-state index contributed by atoms with van der Waals surface area (Å²) >= 11 is 0. The van der Waals surface area contributed by atoms with Gasteiger partial charge in [0, 0.05) is 38.9 Å². The van der Waals surface area contributed by atoms with E-state index in [2.05, 4.69) is 42.6 Å². The molecule has 1 aliphatic rings. The second-order valence-corrected chi connectivity index (χ2v) is 6.34. The Morgan fingerprint density at radius 3 is 2.57 bits per heavy atom. The molecule has 0 aliphatic carbocycles. The van der Waals surface area contributed by atoms with Gasteiger partial charge in [0.15, 0.2) is 0 Å². The van der Waals surface area contributed by atoms with E-state index in [1.807, 2.05) is 17.0 Å². The van der Waals surface area contributed by atoms with Crippen molar-refractivity contribution in [2.75, 3.05) is 44.7 Å². The van der Waals surface area contributed by atoms with E-state index in [1.54, 1.807) is 6.20 Å². The minimum absolute atomic E-state index is 0.111. The summed E-state index contributed by atoms with van der Waals surface area (Å²) in [5.74, 6) is 1.03. The zero-order valence-corrected chi connectivity index (χ0v) is 15.0. The van der Waals surface area contributed by atoms with Gasteiger partial charge in [-0.25, -0.2) is 4.98 Å². The molecule has 1 aromatic rings. The van der Waals surface area contributed by atoms with Crippen molar-refractivity contribution in [3.8, 4) is 0 Å². The van der Waals surface area contributed by atoms with E-state index >= 15 is 0 Å². The van der Waals surface area contributed by atoms with Gasteiger partial charge in [-0.1, -0.05) is 13.8 Å². The molecule has 2 rings (SSSR count). The van der Waals surface area contributed by atoms with E-state index in [4.69, 9.17) is 0 Å². The third kappa shape index (κ3) is 4.44. The molecular formula is C18H30N4O. The van der Waals surface area contributed by atoms with Crippen molar-refractivity contribution in [2.45, 2.75) is 39.7 Å². The first-order chi connectivity index (χ1) is 11.1. The van der Waals surface area contributed by atoms with E-state index in [-0.39, 0.29) is 5.91 Å². The quantitative estimate of drug-likeness (QED) is 0.774. The number of nitrogens with zero attached hydrogens (tertiary/aromatic N) is 4. The zero-order chi connectivity index (χ0) is 16.8. The number of aromatic nitrogens is 1.